The van der Waals surface area contributed by atoms with Crippen molar-refractivity contribution in [2.45, 2.75) is 17.7 Å². The third kappa shape index (κ3) is 5.18. The molecule has 138 valence electrons. The summed E-state index contributed by atoms with van der Waals surface area (Å²) in [5.41, 5.74) is 15.1. The molecule has 0 spiro atoms. The molecule has 0 heterocycles. The Morgan fingerprint density at radius 2 is 1.93 bits per heavy atom. The van der Waals surface area contributed by atoms with Crippen molar-refractivity contribution in [3.8, 4) is 0 Å². The number of nitrogens with zero attached hydrogens (tertiary/aromatic N) is 2. The van der Waals surface area contributed by atoms with Crippen LogP contribution in [0.25, 0.3) is 5.76 Å². The lowest BCUT2D eigenvalue weighted by Gasteiger charge is -2.08. The van der Waals surface area contributed by atoms with E-state index in [1.54, 1.807) is 30.3 Å². The minimum atomic E-state index is -0.226. The molecule has 8 heteroatoms. The predicted octanol–water partition coefficient (Wildman–Crippen LogP) is 4.40. The van der Waals surface area contributed by atoms with E-state index in [0.29, 0.717) is 28.3 Å². The molecular weight excluding hydrogens is 362 g/mol. The number of carbonyl (C=O) groups excluding carboxylic acids is 1. The first-order valence-electron chi connectivity index (χ1n) is 8.31. The van der Waals surface area contributed by atoms with Gasteiger partial charge in [-0.1, -0.05) is 17.4 Å². The number of hydrogen-bond acceptors (Lipinski definition) is 5. The van der Waals surface area contributed by atoms with Gasteiger partial charge in [0.05, 0.1) is 5.75 Å². The summed E-state index contributed by atoms with van der Waals surface area (Å²) in [6, 6.07) is 14.3. The number of aliphatic hydroxyl groups excluding tert-OH is 1. The van der Waals surface area contributed by atoms with Gasteiger partial charge >= 0.3 is 0 Å². The SMILES string of the molecule is N=NN=C(N)CSc1ccc(C(=O)Nc2cccc(C(O)=C3CC3)c2)cc1. The summed E-state index contributed by atoms with van der Waals surface area (Å²) in [7, 11) is 0. The number of amides is 1. The number of thioether (sulfide) groups is 1. The van der Waals surface area contributed by atoms with E-state index in [1.807, 2.05) is 18.2 Å². The Bertz CT molecular complexity index is 916. The van der Waals surface area contributed by atoms with Crippen LogP contribution in [-0.2, 0) is 0 Å². The Kier molecular flexibility index (Phi) is 5.87. The molecular formula is C19H19N5O2S. The summed E-state index contributed by atoms with van der Waals surface area (Å²) in [6.45, 7) is 0. The molecule has 1 amide bonds. The number of rotatable bonds is 7. The van der Waals surface area contributed by atoms with Crippen LogP contribution < -0.4 is 11.1 Å². The highest BCUT2D eigenvalue weighted by Gasteiger charge is 2.18. The third-order valence-electron chi connectivity index (χ3n) is 3.91. The van der Waals surface area contributed by atoms with Crippen molar-refractivity contribution in [2.24, 2.45) is 16.1 Å². The second-order valence-electron chi connectivity index (χ2n) is 5.99. The zero-order valence-electron chi connectivity index (χ0n) is 14.5. The third-order valence-corrected chi connectivity index (χ3v) is 4.96. The zero-order chi connectivity index (χ0) is 19.2. The molecule has 0 bridgehead atoms. The van der Waals surface area contributed by atoms with Gasteiger partial charge in [-0.15, -0.1) is 16.9 Å². The summed E-state index contributed by atoms with van der Waals surface area (Å²) >= 11 is 1.44. The van der Waals surface area contributed by atoms with Crippen LogP contribution in [0.4, 0.5) is 5.69 Å². The number of allylic oxidation sites excluding steroid dienone is 1. The number of hydrogen-bond donors (Lipinski definition) is 4. The second kappa shape index (κ2) is 8.50. The van der Waals surface area contributed by atoms with Gasteiger partial charge in [0.1, 0.15) is 11.6 Å². The van der Waals surface area contributed by atoms with Crippen molar-refractivity contribution in [1.82, 2.24) is 0 Å². The van der Waals surface area contributed by atoms with Crippen molar-refractivity contribution < 1.29 is 9.90 Å². The molecule has 0 aromatic heterocycles. The largest absolute Gasteiger partial charge is 0.507 e. The molecule has 5 N–H and O–H groups in total. The van der Waals surface area contributed by atoms with E-state index in [1.165, 1.54) is 11.8 Å². The maximum Gasteiger partial charge on any atom is 0.255 e. The fourth-order valence-corrected chi connectivity index (χ4v) is 3.10. The summed E-state index contributed by atoms with van der Waals surface area (Å²) in [5.74, 6) is 0.769. The monoisotopic (exact) mass is 381 g/mol. The number of nitrogens with one attached hydrogen (secondary N) is 2. The summed E-state index contributed by atoms with van der Waals surface area (Å²) in [6.07, 6.45) is 1.87. The van der Waals surface area contributed by atoms with Crippen molar-refractivity contribution in [2.75, 3.05) is 11.1 Å². The standard InChI is InChI=1S/C19H19N5O2S/c20-17(23-24-21)11-27-16-8-6-13(7-9-16)19(26)22-15-3-1-2-14(10-15)18(25)12-4-5-12/h1-3,6-10,25H,4-5,11H2,(H,22,26)(H3,20,21,23). The maximum absolute atomic E-state index is 12.4. The van der Waals surface area contributed by atoms with Crippen LogP contribution in [0.1, 0.15) is 28.8 Å². The van der Waals surface area contributed by atoms with Crippen molar-refractivity contribution in [3.05, 3.63) is 65.2 Å². The van der Waals surface area contributed by atoms with Crippen molar-refractivity contribution in [3.63, 3.8) is 0 Å². The lowest BCUT2D eigenvalue weighted by Crippen LogP contribution is -2.14. The minimum absolute atomic E-state index is 0.226. The number of amidine groups is 1. The molecule has 1 aliphatic carbocycles. The van der Waals surface area contributed by atoms with Crippen LogP contribution >= 0.6 is 11.8 Å². The molecule has 1 fully saturated rings. The van der Waals surface area contributed by atoms with E-state index >= 15 is 0 Å². The zero-order valence-corrected chi connectivity index (χ0v) is 15.3. The smallest absolute Gasteiger partial charge is 0.255 e. The van der Waals surface area contributed by atoms with Crippen LogP contribution in [0.15, 0.2) is 69.3 Å². The molecule has 1 saturated carbocycles. The Morgan fingerprint density at radius 1 is 1.19 bits per heavy atom. The predicted molar refractivity (Wildman–Crippen MR) is 107 cm³/mol. The molecule has 0 radical (unpaired) electrons. The van der Waals surface area contributed by atoms with E-state index in [-0.39, 0.29) is 11.7 Å². The fraction of sp³-hybridized carbons (Fsp3) is 0.158. The van der Waals surface area contributed by atoms with E-state index in [2.05, 4.69) is 15.6 Å². The summed E-state index contributed by atoms with van der Waals surface area (Å²) < 4.78 is 0. The van der Waals surface area contributed by atoms with Crippen LogP contribution in [0.5, 0.6) is 0 Å². The average Bonchev–Trinajstić information content (AvgIpc) is 3.52. The first-order valence-corrected chi connectivity index (χ1v) is 9.30. The Balaban J connectivity index is 1.63. The number of nitrogens with two attached hydrogens (primary N) is 1. The molecule has 2 aromatic rings. The average molecular weight is 381 g/mol. The molecule has 7 nitrogen and oxygen atoms in total. The Hall–Kier alpha value is -3.13. The van der Waals surface area contributed by atoms with Gasteiger partial charge in [0.2, 0.25) is 0 Å². The number of benzene rings is 2. The van der Waals surface area contributed by atoms with Crippen LogP contribution in [0.2, 0.25) is 0 Å². The Morgan fingerprint density at radius 3 is 2.59 bits per heavy atom. The highest BCUT2D eigenvalue weighted by atomic mass is 32.2. The van der Waals surface area contributed by atoms with E-state index in [4.69, 9.17) is 11.3 Å². The van der Waals surface area contributed by atoms with E-state index < -0.39 is 0 Å². The van der Waals surface area contributed by atoms with Gasteiger partial charge in [-0.3, -0.25) is 4.79 Å². The molecule has 0 saturated heterocycles. The molecule has 27 heavy (non-hydrogen) atoms. The first-order chi connectivity index (χ1) is 13.1. The maximum atomic E-state index is 12.4. The Labute approximate surface area is 160 Å². The van der Waals surface area contributed by atoms with Gasteiger partial charge in [-0.25, -0.2) is 0 Å². The van der Waals surface area contributed by atoms with Crippen molar-refractivity contribution in [1.29, 1.82) is 5.53 Å². The number of aliphatic hydroxyl groups is 1. The van der Waals surface area contributed by atoms with Gasteiger partial charge in [-0.05, 0) is 54.8 Å². The van der Waals surface area contributed by atoms with Gasteiger partial charge in [0.25, 0.3) is 5.91 Å². The van der Waals surface area contributed by atoms with Crippen LogP contribution in [-0.4, -0.2) is 22.6 Å². The highest BCUT2D eigenvalue weighted by molar-refractivity contribution is 8.00. The molecule has 0 unspecified atom stereocenters. The van der Waals surface area contributed by atoms with Crippen molar-refractivity contribution >= 4 is 35.0 Å². The minimum Gasteiger partial charge on any atom is -0.507 e. The fourth-order valence-electron chi connectivity index (χ4n) is 2.40. The van der Waals surface area contributed by atoms with Gasteiger partial charge in [-0.2, -0.15) is 5.53 Å². The lowest BCUT2D eigenvalue weighted by atomic mass is 10.1. The van der Waals surface area contributed by atoms with Gasteiger partial charge in [0.15, 0.2) is 0 Å². The topological polar surface area (TPSA) is 124 Å². The molecule has 1 aliphatic rings. The molecule has 2 aromatic carbocycles. The van der Waals surface area contributed by atoms with Gasteiger partial charge < -0.3 is 16.2 Å². The van der Waals surface area contributed by atoms with Crippen LogP contribution in [0.3, 0.4) is 0 Å². The lowest BCUT2D eigenvalue weighted by molar-refractivity contribution is 0.102. The molecule has 0 aliphatic heterocycles. The highest BCUT2D eigenvalue weighted by Crippen LogP contribution is 2.35. The number of carbonyl (C=O) groups is 1. The van der Waals surface area contributed by atoms with Gasteiger partial charge in [0, 0.05) is 21.7 Å². The van der Waals surface area contributed by atoms with E-state index in [9.17, 15) is 9.90 Å². The quantitative estimate of drug-likeness (QED) is 0.142. The summed E-state index contributed by atoms with van der Waals surface area (Å²) in [5, 5.41) is 19.3. The first kappa shape index (κ1) is 18.7. The second-order valence-corrected chi connectivity index (χ2v) is 7.04. The summed E-state index contributed by atoms with van der Waals surface area (Å²) in [4.78, 5) is 13.4. The number of anilines is 1. The molecule has 3 rings (SSSR count). The van der Waals surface area contributed by atoms with E-state index in [0.717, 1.165) is 23.3 Å². The normalized spacial score (nSPS) is 13.2. The van der Waals surface area contributed by atoms with Crippen LogP contribution in [0, 0.1) is 5.53 Å². The molecule has 0 atom stereocenters.